The standard InChI is InChI=1S/C14H24ClN3O/c1-6-7-16-12(14(2,3)4)8-11-10(15)9-17-13(18-11)19-5/h9,12,16H,6-8H2,1-5H3. The summed E-state index contributed by atoms with van der Waals surface area (Å²) in [7, 11) is 1.56. The van der Waals surface area contributed by atoms with Crippen LogP contribution in [0.2, 0.25) is 5.02 Å². The maximum atomic E-state index is 6.17. The van der Waals surface area contributed by atoms with Gasteiger partial charge in [-0.3, -0.25) is 0 Å². The third-order valence-electron chi connectivity index (χ3n) is 3.06. The molecule has 4 nitrogen and oxygen atoms in total. The van der Waals surface area contributed by atoms with Crippen LogP contribution >= 0.6 is 11.6 Å². The van der Waals surface area contributed by atoms with E-state index in [0.29, 0.717) is 17.1 Å². The molecule has 0 saturated carbocycles. The molecule has 0 aliphatic carbocycles. The van der Waals surface area contributed by atoms with E-state index in [0.717, 1.165) is 25.1 Å². The average Bonchev–Trinajstić information content (AvgIpc) is 2.35. The molecule has 1 heterocycles. The van der Waals surface area contributed by atoms with Crippen molar-refractivity contribution in [2.24, 2.45) is 5.41 Å². The maximum Gasteiger partial charge on any atom is 0.316 e. The zero-order chi connectivity index (χ0) is 14.5. The molecule has 1 aromatic heterocycles. The predicted molar refractivity (Wildman–Crippen MR) is 78.8 cm³/mol. The van der Waals surface area contributed by atoms with Crippen molar-refractivity contribution in [3.8, 4) is 6.01 Å². The fourth-order valence-electron chi connectivity index (χ4n) is 1.82. The summed E-state index contributed by atoms with van der Waals surface area (Å²) >= 11 is 6.17. The number of hydrogen-bond donors (Lipinski definition) is 1. The van der Waals surface area contributed by atoms with Crippen LogP contribution in [0.15, 0.2) is 6.20 Å². The fraction of sp³-hybridized carbons (Fsp3) is 0.714. The highest BCUT2D eigenvalue weighted by molar-refractivity contribution is 6.31. The van der Waals surface area contributed by atoms with Gasteiger partial charge in [-0.05, 0) is 18.4 Å². The molecule has 1 aromatic rings. The number of methoxy groups -OCH3 is 1. The summed E-state index contributed by atoms with van der Waals surface area (Å²) in [6, 6.07) is 0.673. The first-order valence-electron chi connectivity index (χ1n) is 6.67. The van der Waals surface area contributed by atoms with E-state index >= 15 is 0 Å². The molecular weight excluding hydrogens is 262 g/mol. The monoisotopic (exact) mass is 285 g/mol. The number of nitrogens with one attached hydrogen (secondary N) is 1. The smallest absolute Gasteiger partial charge is 0.316 e. The van der Waals surface area contributed by atoms with E-state index in [4.69, 9.17) is 16.3 Å². The summed E-state index contributed by atoms with van der Waals surface area (Å²) in [4.78, 5) is 8.35. The van der Waals surface area contributed by atoms with Gasteiger partial charge in [0.15, 0.2) is 0 Å². The van der Waals surface area contributed by atoms with Gasteiger partial charge in [-0.1, -0.05) is 39.3 Å². The highest BCUT2D eigenvalue weighted by atomic mass is 35.5. The largest absolute Gasteiger partial charge is 0.467 e. The number of rotatable bonds is 6. The molecule has 0 aliphatic heterocycles. The Morgan fingerprint density at radius 2 is 2.11 bits per heavy atom. The molecule has 5 heteroatoms. The lowest BCUT2D eigenvalue weighted by molar-refractivity contribution is 0.264. The van der Waals surface area contributed by atoms with Crippen molar-refractivity contribution in [2.45, 2.75) is 46.6 Å². The maximum absolute atomic E-state index is 6.17. The topological polar surface area (TPSA) is 47.0 Å². The van der Waals surface area contributed by atoms with Gasteiger partial charge in [0.2, 0.25) is 0 Å². The molecule has 0 bridgehead atoms. The van der Waals surface area contributed by atoms with Crippen molar-refractivity contribution < 1.29 is 4.74 Å². The molecule has 1 atom stereocenters. The molecule has 1 N–H and O–H groups in total. The first-order chi connectivity index (χ1) is 8.88. The highest BCUT2D eigenvalue weighted by Crippen LogP contribution is 2.25. The van der Waals surface area contributed by atoms with Gasteiger partial charge >= 0.3 is 6.01 Å². The Balaban J connectivity index is 2.89. The Bertz CT molecular complexity index is 404. The SMILES string of the molecule is CCCNC(Cc1nc(OC)ncc1Cl)C(C)(C)C. The minimum absolute atomic E-state index is 0.136. The number of ether oxygens (including phenoxy) is 1. The number of halogens is 1. The molecule has 0 amide bonds. The van der Waals surface area contributed by atoms with Crippen LogP contribution in [0.3, 0.4) is 0 Å². The van der Waals surface area contributed by atoms with Gasteiger partial charge in [0.25, 0.3) is 0 Å². The molecule has 1 rings (SSSR count). The van der Waals surface area contributed by atoms with Crippen LogP contribution in [0.5, 0.6) is 6.01 Å². The van der Waals surface area contributed by atoms with E-state index in [-0.39, 0.29) is 5.41 Å². The van der Waals surface area contributed by atoms with Crippen molar-refractivity contribution >= 4 is 11.6 Å². The molecule has 19 heavy (non-hydrogen) atoms. The molecule has 0 aromatic carbocycles. The summed E-state index contributed by atoms with van der Waals surface area (Å²) in [5.74, 6) is 0. The van der Waals surface area contributed by atoms with Crippen molar-refractivity contribution in [2.75, 3.05) is 13.7 Å². The second-order valence-electron chi connectivity index (χ2n) is 5.73. The lowest BCUT2D eigenvalue weighted by Crippen LogP contribution is -2.42. The summed E-state index contributed by atoms with van der Waals surface area (Å²) in [5.41, 5.74) is 0.966. The molecule has 0 radical (unpaired) electrons. The Hall–Kier alpha value is -0.870. The van der Waals surface area contributed by atoms with E-state index in [9.17, 15) is 0 Å². The van der Waals surface area contributed by atoms with Crippen LogP contribution in [0.4, 0.5) is 0 Å². The van der Waals surface area contributed by atoms with E-state index in [1.165, 1.54) is 0 Å². The van der Waals surface area contributed by atoms with Gasteiger partial charge in [-0.15, -0.1) is 0 Å². The number of nitrogens with zero attached hydrogens (tertiary/aromatic N) is 2. The quantitative estimate of drug-likeness (QED) is 0.872. The lowest BCUT2D eigenvalue weighted by atomic mass is 9.84. The molecule has 0 saturated heterocycles. The second kappa shape index (κ2) is 7.06. The molecular formula is C14H24ClN3O. The lowest BCUT2D eigenvalue weighted by Gasteiger charge is -2.31. The average molecular weight is 286 g/mol. The minimum Gasteiger partial charge on any atom is -0.467 e. The second-order valence-corrected chi connectivity index (χ2v) is 6.14. The van der Waals surface area contributed by atoms with Crippen molar-refractivity contribution in [3.63, 3.8) is 0 Å². The first kappa shape index (κ1) is 16.2. The summed E-state index contributed by atoms with van der Waals surface area (Å²) in [5, 5.41) is 4.15. The number of aromatic nitrogens is 2. The molecule has 0 aliphatic rings. The predicted octanol–water partition coefficient (Wildman–Crippen LogP) is 3.10. The first-order valence-corrected chi connectivity index (χ1v) is 7.05. The molecule has 1 unspecified atom stereocenters. The van der Waals surface area contributed by atoms with E-state index in [2.05, 4.69) is 43.0 Å². The van der Waals surface area contributed by atoms with Crippen molar-refractivity contribution in [3.05, 3.63) is 16.9 Å². The van der Waals surface area contributed by atoms with Gasteiger partial charge in [-0.25, -0.2) is 4.98 Å². The van der Waals surface area contributed by atoms with Crippen LogP contribution < -0.4 is 10.1 Å². The zero-order valence-electron chi connectivity index (χ0n) is 12.5. The van der Waals surface area contributed by atoms with E-state index in [1.807, 2.05) is 0 Å². The summed E-state index contributed by atoms with van der Waals surface area (Å²) < 4.78 is 5.06. The van der Waals surface area contributed by atoms with E-state index in [1.54, 1.807) is 13.3 Å². The van der Waals surface area contributed by atoms with Gasteiger partial charge in [-0.2, -0.15) is 4.98 Å². The van der Waals surface area contributed by atoms with Crippen molar-refractivity contribution in [1.29, 1.82) is 0 Å². The van der Waals surface area contributed by atoms with Crippen molar-refractivity contribution in [1.82, 2.24) is 15.3 Å². The van der Waals surface area contributed by atoms with Crippen LogP contribution in [0, 0.1) is 5.41 Å². The van der Waals surface area contributed by atoms with Crippen LogP contribution in [0.1, 0.15) is 39.8 Å². The zero-order valence-corrected chi connectivity index (χ0v) is 13.2. The normalized spacial score (nSPS) is 13.4. The minimum atomic E-state index is 0.136. The Kier molecular flexibility index (Phi) is 6.01. The molecule has 0 spiro atoms. The fourth-order valence-corrected chi connectivity index (χ4v) is 1.99. The summed E-state index contributed by atoms with van der Waals surface area (Å²) in [6.07, 6.45) is 3.47. The number of hydrogen-bond acceptors (Lipinski definition) is 4. The van der Waals surface area contributed by atoms with Gasteiger partial charge in [0.1, 0.15) is 0 Å². The van der Waals surface area contributed by atoms with Crippen LogP contribution in [-0.4, -0.2) is 29.7 Å². The van der Waals surface area contributed by atoms with Gasteiger partial charge < -0.3 is 10.1 Å². The Morgan fingerprint density at radius 1 is 1.42 bits per heavy atom. The summed E-state index contributed by atoms with van der Waals surface area (Å²) in [6.45, 7) is 9.79. The highest BCUT2D eigenvalue weighted by Gasteiger charge is 2.25. The third-order valence-corrected chi connectivity index (χ3v) is 3.38. The molecule has 0 fully saturated rings. The van der Waals surface area contributed by atoms with Crippen LogP contribution in [0.25, 0.3) is 0 Å². The molecule has 108 valence electrons. The van der Waals surface area contributed by atoms with E-state index < -0.39 is 0 Å². The van der Waals surface area contributed by atoms with Gasteiger partial charge in [0, 0.05) is 12.5 Å². The van der Waals surface area contributed by atoms with Gasteiger partial charge in [0.05, 0.1) is 24.0 Å². The Morgan fingerprint density at radius 3 is 2.63 bits per heavy atom. The van der Waals surface area contributed by atoms with Crippen LogP contribution in [-0.2, 0) is 6.42 Å². The third kappa shape index (κ3) is 4.96. The Labute approximate surface area is 120 Å².